The zero-order valence-electron chi connectivity index (χ0n) is 19.7. The number of sulfonamides is 1. The molecule has 0 bridgehead atoms. The van der Waals surface area contributed by atoms with Crippen molar-refractivity contribution in [2.45, 2.75) is 44.1 Å². The van der Waals surface area contributed by atoms with Gasteiger partial charge in [0.1, 0.15) is 5.75 Å². The predicted octanol–water partition coefficient (Wildman–Crippen LogP) is 1.70. The molecule has 184 valence electrons. The molecule has 1 amide bonds. The quantitative estimate of drug-likeness (QED) is 0.588. The highest BCUT2D eigenvalue weighted by Gasteiger charge is 2.34. The van der Waals surface area contributed by atoms with Crippen molar-refractivity contribution in [1.82, 2.24) is 14.5 Å². The summed E-state index contributed by atoms with van der Waals surface area (Å²) in [6.07, 6.45) is 2.24. The number of aryl methyl sites for hydroxylation is 1. The van der Waals surface area contributed by atoms with Gasteiger partial charge in [-0.25, -0.2) is 13.1 Å². The van der Waals surface area contributed by atoms with E-state index in [1.807, 2.05) is 55.6 Å². The Kier molecular flexibility index (Phi) is 7.57. The second-order valence-electron chi connectivity index (χ2n) is 9.26. The first-order valence-electron chi connectivity index (χ1n) is 11.6. The maximum atomic E-state index is 13.5. The maximum absolute atomic E-state index is 13.5. The highest BCUT2D eigenvalue weighted by molar-refractivity contribution is 7.88. The summed E-state index contributed by atoms with van der Waals surface area (Å²) in [5.74, 6) is 0.599. The van der Waals surface area contributed by atoms with Crippen molar-refractivity contribution in [3.05, 3.63) is 65.2 Å². The SMILES string of the molecule is CN(C(=O)[C@H]1CCc2cc(CNS(C)(=O)=O)ccc2O1)[C@H](CN1CC[C@H](O)C1)c1ccccc1. The van der Waals surface area contributed by atoms with Gasteiger partial charge in [-0.15, -0.1) is 0 Å². The van der Waals surface area contributed by atoms with E-state index in [2.05, 4.69) is 9.62 Å². The van der Waals surface area contributed by atoms with E-state index in [9.17, 15) is 18.3 Å². The molecule has 3 atom stereocenters. The molecule has 1 saturated heterocycles. The zero-order valence-corrected chi connectivity index (χ0v) is 20.5. The number of fused-ring (bicyclic) bond motifs is 1. The summed E-state index contributed by atoms with van der Waals surface area (Å²) in [7, 11) is -1.44. The van der Waals surface area contributed by atoms with Crippen LogP contribution in [-0.2, 0) is 27.8 Å². The van der Waals surface area contributed by atoms with Gasteiger partial charge in [0, 0.05) is 33.2 Å². The van der Waals surface area contributed by atoms with Crippen LogP contribution in [0.15, 0.2) is 48.5 Å². The number of ether oxygens (including phenoxy) is 1. The van der Waals surface area contributed by atoms with Gasteiger partial charge in [0.2, 0.25) is 10.0 Å². The zero-order chi connectivity index (χ0) is 24.3. The number of hydrogen-bond donors (Lipinski definition) is 2. The monoisotopic (exact) mass is 487 g/mol. The van der Waals surface area contributed by atoms with Gasteiger partial charge in [-0.2, -0.15) is 0 Å². The first kappa shape index (κ1) is 24.7. The van der Waals surface area contributed by atoms with Crippen molar-refractivity contribution in [2.75, 3.05) is 32.9 Å². The lowest BCUT2D eigenvalue weighted by molar-refractivity contribution is -0.140. The van der Waals surface area contributed by atoms with Crippen LogP contribution < -0.4 is 9.46 Å². The van der Waals surface area contributed by atoms with Gasteiger partial charge in [0.25, 0.3) is 5.91 Å². The molecule has 0 spiro atoms. The van der Waals surface area contributed by atoms with Crippen LogP contribution in [0.2, 0.25) is 0 Å². The molecule has 2 heterocycles. The Morgan fingerprint density at radius 1 is 1.24 bits per heavy atom. The molecule has 2 N–H and O–H groups in total. The molecule has 8 nitrogen and oxygen atoms in total. The molecule has 0 radical (unpaired) electrons. The van der Waals surface area contributed by atoms with Crippen LogP contribution in [0.1, 0.15) is 35.6 Å². The third-order valence-electron chi connectivity index (χ3n) is 6.56. The van der Waals surface area contributed by atoms with Crippen molar-refractivity contribution in [3.63, 3.8) is 0 Å². The smallest absolute Gasteiger partial charge is 0.263 e. The lowest BCUT2D eigenvalue weighted by Gasteiger charge is -2.35. The second kappa shape index (κ2) is 10.4. The number of likely N-dealkylation sites (N-methyl/N-ethyl adjacent to an activating group) is 1. The van der Waals surface area contributed by atoms with Gasteiger partial charge in [-0.1, -0.05) is 42.5 Å². The van der Waals surface area contributed by atoms with Crippen LogP contribution >= 0.6 is 0 Å². The first-order valence-corrected chi connectivity index (χ1v) is 13.5. The molecule has 0 unspecified atom stereocenters. The van der Waals surface area contributed by atoms with Gasteiger partial charge in [0.05, 0.1) is 18.4 Å². The number of aliphatic hydroxyl groups is 1. The summed E-state index contributed by atoms with van der Waals surface area (Å²) in [6, 6.07) is 15.4. The molecular formula is C25H33N3O5S. The summed E-state index contributed by atoms with van der Waals surface area (Å²) >= 11 is 0. The number of aliphatic hydroxyl groups excluding tert-OH is 1. The largest absolute Gasteiger partial charge is 0.480 e. The van der Waals surface area contributed by atoms with Gasteiger partial charge >= 0.3 is 0 Å². The lowest BCUT2D eigenvalue weighted by atomic mass is 9.98. The summed E-state index contributed by atoms with van der Waals surface area (Å²) < 4.78 is 31.3. The third-order valence-corrected chi connectivity index (χ3v) is 7.23. The van der Waals surface area contributed by atoms with Gasteiger partial charge < -0.3 is 14.7 Å². The Balaban J connectivity index is 1.46. The van der Waals surface area contributed by atoms with Crippen LogP contribution in [0.4, 0.5) is 0 Å². The molecule has 9 heteroatoms. The molecule has 34 heavy (non-hydrogen) atoms. The third kappa shape index (κ3) is 6.15. The molecule has 2 aromatic carbocycles. The van der Waals surface area contributed by atoms with Gasteiger partial charge in [-0.05, 0) is 42.0 Å². The fraction of sp³-hybridized carbons (Fsp3) is 0.480. The Bertz CT molecular complexity index is 1110. The molecule has 2 aliphatic heterocycles. The summed E-state index contributed by atoms with van der Waals surface area (Å²) in [5, 5.41) is 9.94. The number of hydrogen-bond acceptors (Lipinski definition) is 6. The number of nitrogens with zero attached hydrogens (tertiary/aromatic N) is 2. The molecule has 0 aromatic heterocycles. The lowest BCUT2D eigenvalue weighted by Crippen LogP contribution is -2.46. The Hall–Kier alpha value is -2.46. The standard InChI is InChI=1S/C25H33N3O5S/c1-27(22(19-6-4-3-5-7-19)17-28-13-12-21(29)16-28)25(30)24-11-9-20-14-18(8-10-23(20)33-24)15-26-34(2,31)32/h3-8,10,14,21-22,24,26,29H,9,11-13,15-17H2,1-2H3/t21-,22+,24+/m0/s1. The molecule has 4 rings (SSSR count). The fourth-order valence-corrected chi connectivity index (χ4v) is 5.10. The molecular weight excluding hydrogens is 454 g/mol. The summed E-state index contributed by atoms with van der Waals surface area (Å²) in [5.41, 5.74) is 2.88. The number of amides is 1. The first-order chi connectivity index (χ1) is 16.2. The van der Waals surface area contributed by atoms with Crippen LogP contribution in [0.25, 0.3) is 0 Å². The average Bonchev–Trinajstić information content (AvgIpc) is 3.24. The van der Waals surface area contributed by atoms with Crippen molar-refractivity contribution in [3.8, 4) is 5.75 Å². The predicted molar refractivity (Wildman–Crippen MR) is 130 cm³/mol. The molecule has 1 fully saturated rings. The van der Waals surface area contributed by atoms with Gasteiger partial charge in [-0.3, -0.25) is 9.69 Å². The van der Waals surface area contributed by atoms with Crippen LogP contribution in [0.5, 0.6) is 5.75 Å². The van der Waals surface area contributed by atoms with Crippen molar-refractivity contribution < 1.29 is 23.1 Å². The maximum Gasteiger partial charge on any atom is 0.263 e. The normalized spacial score (nSPS) is 21.5. The summed E-state index contributed by atoms with van der Waals surface area (Å²) in [4.78, 5) is 17.5. The topological polar surface area (TPSA) is 99.2 Å². The minimum Gasteiger partial charge on any atom is -0.480 e. The van der Waals surface area contributed by atoms with Crippen molar-refractivity contribution >= 4 is 15.9 Å². The molecule has 2 aliphatic rings. The second-order valence-corrected chi connectivity index (χ2v) is 11.1. The van der Waals surface area contributed by atoms with E-state index in [0.717, 1.165) is 35.9 Å². The van der Waals surface area contributed by atoms with Crippen LogP contribution in [0.3, 0.4) is 0 Å². The Labute approximate surface area is 201 Å². The van der Waals surface area contributed by atoms with E-state index in [1.165, 1.54) is 0 Å². The number of benzene rings is 2. The van der Waals surface area contributed by atoms with E-state index in [-0.39, 0.29) is 24.6 Å². The Morgan fingerprint density at radius 2 is 2.00 bits per heavy atom. The molecule has 0 saturated carbocycles. The van der Waals surface area contributed by atoms with Crippen molar-refractivity contribution in [2.24, 2.45) is 0 Å². The number of rotatable bonds is 8. The number of carbonyl (C=O) groups excluding carboxylic acids is 1. The van der Waals surface area contributed by atoms with Gasteiger partial charge in [0.15, 0.2) is 6.10 Å². The van der Waals surface area contributed by atoms with E-state index in [0.29, 0.717) is 31.7 Å². The van der Waals surface area contributed by atoms with Crippen LogP contribution in [-0.4, -0.2) is 74.4 Å². The van der Waals surface area contributed by atoms with E-state index in [4.69, 9.17) is 4.74 Å². The Morgan fingerprint density at radius 3 is 2.68 bits per heavy atom. The number of nitrogens with one attached hydrogen (secondary N) is 1. The highest BCUT2D eigenvalue weighted by atomic mass is 32.2. The number of β-amino-alcohol motifs (C(OH)–C–C–N with tert-alkyl or cyclic N) is 1. The summed E-state index contributed by atoms with van der Waals surface area (Å²) in [6.45, 7) is 2.32. The molecule has 0 aliphatic carbocycles. The van der Waals surface area contributed by atoms with E-state index < -0.39 is 16.1 Å². The average molecular weight is 488 g/mol. The van der Waals surface area contributed by atoms with Crippen molar-refractivity contribution in [1.29, 1.82) is 0 Å². The van der Waals surface area contributed by atoms with Crippen LogP contribution in [0, 0.1) is 0 Å². The molecule has 2 aromatic rings. The minimum atomic E-state index is -3.26. The van der Waals surface area contributed by atoms with E-state index in [1.54, 1.807) is 4.90 Å². The number of likely N-dealkylation sites (tertiary alicyclic amines) is 1. The van der Waals surface area contributed by atoms with E-state index >= 15 is 0 Å². The highest BCUT2D eigenvalue weighted by Crippen LogP contribution is 2.31. The minimum absolute atomic E-state index is 0.0675. The fourth-order valence-electron chi connectivity index (χ4n) is 4.67. The number of carbonyl (C=O) groups is 1.